The molecule has 2 nitrogen and oxygen atoms in total. The fraction of sp³-hybridized carbons (Fsp3) is 0.417. The molecule has 0 spiro atoms. The van der Waals surface area contributed by atoms with Crippen molar-refractivity contribution in [3.8, 4) is 0 Å². The minimum atomic E-state index is -4.82. The Morgan fingerprint density at radius 2 is 1.85 bits per heavy atom. The lowest BCUT2D eigenvalue weighted by atomic mass is 10.1. The molecule has 0 bridgehead atoms. The molecule has 1 fully saturated rings. The van der Waals surface area contributed by atoms with Crippen molar-refractivity contribution in [2.75, 3.05) is 24.6 Å². The second-order valence-corrected chi connectivity index (χ2v) is 6.27. The molecule has 20 heavy (non-hydrogen) atoms. The largest absolute Gasteiger partial charge is 0.419 e. The number of carbonyl (C=O) groups is 1. The summed E-state index contributed by atoms with van der Waals surface area (Å²) in [4.78, 5) is 13.6. The Morgan fingerprint density at radius 3 is 2.40 bits per heavy atom. The number of hydrogen-bond acceptors (Lipinski definition) is 2. The zero-order chi connectivity index (χ0) is 14.9. The summed E-state index contributed by atoms with van der Waals surface area (Å²) in [7, 11) is 0. The van der Waals surface area contributed by atoms with Crippen LogP contribution in [0, 0.1) is 5.82 Å². The van der Waals surface area contributed by atoms with Gasteiger partial charge in [0.25, 0.3) is 5.91 Å². The Labute approximate surface area is 125 Å². The third-order valence-corrected chi connectivity index (χ3v) is 4.51. The number of thioether (sulfide) groups is 1. The van der Waals surface area contributed by atoms with Gasteiger partial charge in [-0.05, 0) is 28.1 Å². The molecule has 0 atom stereocenters. The van der Waals surface area contributed by atoms with Crippen LogP contribution in [0.5, 0.6) is 0 Å². The van der Waals surface area contributed by atoms with E-state index in [1.54, 1.807) is 11.8 Å². The van der Waals surface area contributed by atoms with E-state index in [1.165, 1.54) is 4.90 Å². The molecule has 1 aliphatic heterocycles. The lowest BCUT2D eigenvalue weighted by Crippen LogP contribution is -2.38. The highest BCUT2D eigenvalue weighted by molar-refractivity contribution is 9.10. The van der Waals surface area contributed by atoms with Crippen molar-refractivity contribution in [2.24, 2.45) is 0 Å². The molecule has 1 aromatic rings. The maximum absolute atomic E-state index is 14.0. The van der Waals surface area contributed by atoms with Crippen LogP contribution in [0.3, 0.4) is 0 Å². The van der Waals surface area contributed by atoms with Gasteiger partial charge in [-0.3, -0.25) is 4.79 Å². The number of hydrogen-bond donors (Lipinski definition) is 0. The van der Waals surface area contributed by atoms with E-state index in [1.807, 2.05) is 0 Å². The molecular weight excluding hydrogens is 362 g/mol. The van der Waals surface area contributed by atoms with E-state index in [-0.39, 0.29) is 4.47 Å². The normalized spacial score (nSPS) is 16.4. The predicted molar refractivity (Wildman–Crippen MR) is 72.3 cm³/mol. The second-order valence-electron chi connectivity index (χ2n) is 4.19. The van der Waals surface area contributed by atoms with Crippen LogP contribution in [0.1, 0.15) is 15.9 Å². The molecule has 1 aliphatic rings. The first-order chi connectivity index (χ1) is 9.32. The summed E-state index contributed by atoms with van der Waals surface area (Å²) in [6, 6.07) is 1.68. The molecular formula is C12H10BrF4NOS. The van der Waals surface area contributed by atoms with E-state index in [0.717, 1.165) is 6.07 Å². The van der Waals surface area contributed by atoms with Gasteiger partial charge >= 0.3 is 6.18 Å². The van der Waals surface area contributed by atoms with Crippen molar-refractivity contribution in [2.45, 2.75) is 6.18 Å². The highest BCUT2D eigenvalue weighted by Crippen LogP contribution is 2.35. The highest BCUT2D eigenvalue weighted by Gasteiger charge is 2.37. The predicted octanol–water partition coefficient (Wildman–Crippen LogP) is 3.80. The van der Waals surface area contributed by atoms with Crippen LogP contribution in [-0.2, 0) is 6.18 Å². The fourth-order valence-electron chi connectivity index (χ4n) is 1.89. The molecule has 0 N–H and O–H groups in total. The SMILES string of the molecule is O=C(c1c(Br)ccc(C(F)(F)F)c1F)N1CCSCC1. The number of alkyl halides is 3. The summed E-state index contributed by atoms with van der Waals surface area (Å²) >= 11 is 4.60. The van der Waals surface area contributed by atoms with Crippen molar-refractivity contribution in [1.29, 1.82) is 0 Å². The Kier molecular flexibility index (Phi) is 4.63. The van der Waals surface area contributed by atoms with Crippen molar-refractivity contribution in [3.05, 3.63) is 33.5 Å². The first-order valence-corrected chi connectivity index (χ1v) is 7.69. The molecule has 0 radical (unpaired) electrons. The molecule has 1 aromatic carbocycles. The summed E-state index contributed by atoms with van der Waals surface area (Å²) < 4.78 is 52.1. The van der Waals surface area contributed by atoms with E-state index in [4.69, 9.17) is 0 Å². The molecule has 110 valence electrons. The van der Waals surface area contributed by atoms with Crippen LogP contribution in [0.2, 0.25) is 0 Å². The molecule has 1 amide bonds. The number of nitrogens with zero attached hydrogens (tertiary/aromatic N) is 1. The summed E-state index contributed by atoms with van der Waals surface area (Å²) in [5, 5.41) is 0. The lowest BCUT2D eigenvalue weighted by Gasteiger charge is -2.27. The second kappa shape index (κ2) is 5.93. The van der Waals surface area contributed by atoms with Crippen molar-refractivity contribution < 1.29 is 22.4 Å². The standard InChI is InChI=1S/C12H10BrF4NOS/c13-8-2-1-7(12(15,16)17)10(14)9(8)11(19)18-3-5-20-6-4-18/h1-2H,3-6H2. The van der Waals surface area contributed by atoms with Crippen LogP contribution >= 0.6 is 27.7 Å². The van der Waals surface area contributed by atoms with Crippen LogP contribution in [0.15, 0.2) is 16.6 Å². The fourth-order valence-corrected chi connectivity index (χ4v) is 3.27. The van der Waals surface area contributed by atoms with Crippen LogP contribution < -0.4 is 0 Å². The molecule has 8 heteroatoms. The Bertz CT molecular complexity index is 529. The van der Waals surface area contributed by atoms with Gasteiger partial charge in [-0.25, -0.2) is 4.39 Å². The van der Waals surface area contributed by atoms with Gasteiger partial charge in [-0.15, -0.1) is 0 Å². The molecule has 0 aliphatic carbocycles. The Morgan fingerprint density at radius 1 is 1.25 bits per heavy atom. The number of halogens is 5. The van der Waals surface area contributed by atoms with Gasteiger partial charge < -0.3 is 4.90 Å². The summed E-state index contributed by atoms with van der Waals surface area (Å²) in [5.41, 5.74) is -1.97. The maximum atomic E-state index is 14.0. The highest BCUT2D eigenvalue weighted by atomic mass is 79.9. The van der Waals surface area contributed by atoms with E-state index in [2.05, 4.69) is 15.9 Å². The van der Waals surface area contributed by atoms with Crippen LogP contribution in [-0.4, -0.2) is 35.4 Å². The van der Waals surface area contributed by atoms with Gasteiger partial charge in [0.15, 0.2) is 0 Å². The number of amides is 1. The summed E-state index contributed by atoms with van der Waals surface area (Å²) in [6.45, 7) is 0.817. The Balaban J connectivity index is 2.42. The quantitative estimate of drug-likeness (QED) is 0.700. The first-order valence-electron chi connectivity index (χ1n) is 5.74. The van der Waals surface area contributed by atoms with Crippen molar-refractivity contribution in [3.63, 3.8) is 0 Å². The molecule has 1 saturated heterocycles. The molecule has 2 rings (SSSR count). The minimum Gasteiger partial charge on any atom is -0.337 e. The van der Waals surface area contributed by atoms with Gasteiger partial charge in [0.2, 0.25) is 0 Å². The molecule has 0 unspecified atom stereocenters. The number of rotatable bonds is 1. The molecule has 0 saturated carbocycles. The zero-order valence-electron chi connectivity index (χ0n) is 10.1. The lowest BCUT2D eigenvalue weighted by molar-refractivity contribution is -0.140. The third kappa shape index (κ3) is 3.11. The molecule has 1 heterocycles. The van der Waals surface area contributed by atoms with E-state index in [0.29, 0.717) is 30.7 Å². The van der Waals surface area contributed by atoms with E-state index < -0.39 is 29.0 Å². The van der Waals surface area contributed by atoms with Crippen LogP contribution in [0.25, 0.3) is 0 Å². The molecule has 0 aromatic heterocycles. The monoisotopic (exact) mass is 371 g/mol. The maximum Gasteiger partial charge on any atom is 0.419 e. The Hall–Kier alpha value is -0.760. The summed E-state index contributed by atoms with van der Waals surface area (Å²) in [6.07, 6.45) is -4.82. The third-order valence-electron chi connectivity index (χ3n) is 2.91. The van der Waals surface area contributed by atoms with Gasteiger partial charge in [-0.1, -0.05) is 0 Å². The van der Waals surface area contributed by atoms with Gasteiger partial charge in [0.1, 0.15) is 5.82 Å². The zero-order valence-corrected chi connectivity index (χ0v) is 12.5. The topological polar surface area (TPSA) is 20.3 Å². The van der Waals surface area contributed by atoms with Crippen molar-refractivity contribution >= 4 is 33.6 Å². The summed E-state index contributed by atoms with van der Waals surface area (Å²) in [5.74, 6) is -0.829. The average Bonchev–Trinajstić information content (AvgIpc) is 2.38. The van der Waals surface area contributed by atoms with Gasteiger partial charge in [0.05, 0.1) is 11.1 Å². The number of carbonyl (C=O) groups excluding carboxylic acids is 1. The number of benzene rings is 1. The van der Waals surface area contributed by atoms with E-state index >= 15 is 0 Å². The van der Waals surface area contributed by atoms with Gasteiger partial charge in [-0.2, -0.15) is 24.9 Å². The van der Waals surface area contributed by atoms with Crippen LogP contribution in [0.4, 0.5) is 17.6 Å². The average molecular weight is 372 g/mol. The minimum absolute atomic E-state index is 0.0335. The first kappa shape index (κ1) is 15.6. The van der Waals surface area contributed by atoms with Gasteiger partial charge in [0, 0.05) is 29.1 Å². The smallest absolute Gasteiger partial charge is 0.337 e. The van der Waals surface area contributed by atoms with E-state index in [9.17, 15) is 22.4 Å². The van der Waals surface area contributed by atoms with Crippen molar-refractivity contribution in [1.82, 2.24) is 4.90 Å².